The van der Waals surface area contributed by atoms with Crippen LogP contribution in [0.5, 0.6) is 0 Å². The molecular weight excluding hydrogens is 268 g/mol. The third-order valence-electron chi connectivity index (χ3n) is 3.65. The van der Waals surface area contributed by atoms with Gasteiger partial charge in [0.05, 0.1) is 4.88 Å². The summed E-state index contributed by atoms with van der Waals surface area (Å²) in [5, 5.41) is 6.44. The van der Waals surface area contributed by atoms with E-state index in [-0.39, 0.29) is 5.91 Å². The van der Waals surface area contributed by atoms with Gasteiger partial charge in [0.15, 0.2) is 0 Å². The first-order chi connectivity index (χ1) is 9.74. The lowest BCUT2D eigenvalue weighted by atomic mass is 10.2. The number of carbonyl (C=O) groups excluding carboxylic acids is 1. The van der Waals surface area contributed by atoms with Crippen molar-refractivity contribution >= 4 is 22.9 Å². The lowest BCUT2D eigenvalue weighted by molar-refractivity contribution is 0.103. The highest BCUT2D eigenvalue weighted by atomic mass is 32.1. The second-order valence-corrected chi connectivity index (χ2v) is 6.24. The summed E-state index contributed by atoms with van der Waals surface area (Å²) in [4.78, 5) is 14.3. The van der Waals surface area contributed by atoms with Crippen LogP contribution in [0.2, 0.25) is 0 Å². The molecular formula is C16H18N2OS. The van der Waals surface area contributed by atoms with Crippen LogP contribution in [-0.4, -0.2) is 12.5 Å². The normalized spacial score (nSPS) is 18.1. The highest BCUT2D eigenvalue weighted by molar-refractivity contribution is 7.14. The molecule has 1 aromatic heterocycles. The molecule has 4 heteroatoms. The van der Waals surface area contributed by atoms with Crippen LogP contribution in [-0.2, 0) is 0 Å². The van der Waals surface area contributed by atoms with Gasteiger partial charge in [0.2, 0.25) is 0 Å². The fourth-order valence-corrected chi connectivity index (χ4v) is 3.50. The summed E-state index contributed by atoms with van der Waals surface area (Å²) in [6.07, 6.45) is 2.38. The van der Waals surface area contributed by atoms with Gasteiger partial charge in [0.25, 0.3) is 5.91 Å². The molecule has 3 rings (SSSR count). The summed E-state index contributed by atoms with van der Waals surface area (Å²) in [5.74, 6) is -0.0199. The van der Waals surface area contributed by atoms with Crippen LogP contribution < -0.4 is 10.6 Å². The molecule has 1 aliphatic heterocycles. The Morgan fingerprint density at radius 3 is 2.90 bits per heavy atom. The molecule has 1 unspecified atom stereocenters. The minimum absolute atomic E-state index is 0.0199. The van der Waals surface area contributed by atoms with Crippen molar-refractivity contribution in [3.63, 3.8) is 0 Å². The molecule has 1 atom stereocenters. The number of aryl methyl sites for hydroxylation is 1. The maximum absolute atomic E-state index is 12.3. The van der Waals surface area contributed by atoms with Crippen molar-refractivity contribution in [2.45, 2.75) is 25.8 Å². The molecule has 0 aliphatic carbocycles. The molecule has 2 heterocycles. The highest BCUT2D eigenvalue weighted by Gasteiger charge is 2.19. The Hall–Kier alpha value is -1.65. The van der Waals surface area contributed by atoms with Crippen molar-refractivity contribution in [3.8, 4) is 0 Å². The van der Waals surface area contributed by atoms with Crippen LogP contribution in [0.1, 0.15) is 39.0 Å². The predicted octanol–water partition coefficient (Wildman–Crippen LogP) is 3.73. The minimum atomic E-state index is -0.0199. The molecule has 2 aromatic rings. The van der Waals surface area contributed by atoms with E-state index >= 15 is 0 Å². The van der Waals surface area contributed by atoms with Crippen LogP contribution in [0.25, 0.3) is 0 Å². The summed E-state index contributed by atoms with van der Waals surface area (Å²) in [5.41, 5.74) is 1.96. The number of carbonyl (C=O) groups is 1. The number of rotatable bonds is 3. The van der Waals surface area contributed by atoms with E-state index in [9.17, 15) is 4.79 Å². The third kappa shape index (κ3) is 2.76. The maximum Gasteiger partial charge on any atom is 0.265 e. The van der Waals surface area contributed by atoms with Gasteiger partial charge in [-0.2, -0.15) is 0 Å². The molecule has 1 amide bonds. The number of hydrogen-bond donors (Lipinski definition) is 2. The summed E-state index contributed by atoms with van der Waals surface area (Å²) in [7, 11) is 0. The minimum Gasteiger partial charge on any atom is -0.321 e. The number of para-hydroxylation sites is 1. The zero-order chi connectivity index (χ0) is 13.9. The zero-order valence-corrected chi connectivity index (χ0v) is 12.3. The predicted molar refractivity (Wildman–Crippen MR) is 83.4 cm³/mol. The van der Waals surface area contributed by atoms with Crippen molar-refractivity contribution in [1.29, 1.82) is 0 Å². The Morgan fingerprint density at radius 1 is 1.30 bits per heavy atom. The fraction of sp³-hybridized carbons (Fsp3) is 0.312. The van der Waals surface area contributed by atoms with Gasteiger partial charge in [-0.1, -0.05) is 18.2 Å². The number of nitrogens with one attached hydrogen (secondary N) is 2. The van der Waals surface area contributed by atoms with E-state index in [1.54, 1.807) is 11.3 Å². The van der Waals surface area contributed by atoms with Crippen LogP contribution in [0.3, 0.4) is 0 Å². The van der Waals surface area contributed by atoms with E-state index in [0.717, 1.165) is 22.7 Å². The number of anilines is 1. The summed E-state index contributed by atoms with van der Waals surface area (Å²) in [6, 6.07) is 12.3. The van der Waals surface area contributed by atoms with E-state index in [2.05, 4.69) is 16.7 Å². The van der Waals surface area contributed by atoms with Crippen molar-refractivity contribution in [1.82, 2.24) is 5.32 Å². The standard InChI is InChI=1S/C16H18N2OS/c1-11-5-2-3-6-12(11)18-16(19)15-9-8-14(20-15)13-7-4-10-17-13/h2-3,5-6,8-9,13,17H,4,7,10H2,1H3,(H,18,19). The average Bonchev–Trinajstić information content (AvgIpc) is 3.11. The highest BCUT2D eigenvalue weighted by Crippen LogP contribution is 2.29. The van der Waals surface area contributed by atoms with Crippen LogP contribution in [0.4, 0.5) is 5.69 Å². The Kier molecular flexibility index (Phi) is 3.85. The lowest BCUT2D eigenvalue weighted by Crippen LogP contribution is -2.12. The molecule has 2 N–H and O–H groups in total. The van der Waals surface area contributed by atoms with Crippen LogP contribution >= 0.6 is 11.3 Å². The Labute approximate surface area is 123 Å². The first-order valence-electron chi connectivity index (χ1n) is 6.94. The molecule has 0 bridgehead atoms. The van der Waals surface area contributed by atoms with Crippen molar-refractivity contribution in [3.05, 3.63) is 51.7 Å². The molecule has 1 aromatic carbocycles. The fourth-order valence-electron chi connectivity index (χ4n) is 2.49. The van der Waals surface area contributed by atoms with Gasteiger partial charge in [0.1, 0.15) is 0 Å². The summed E-state index contributed by atoms with van der Waals surface area (Å²) < 4.78 is 0. The van der Waals surface area contributed by atoms with Gasteiger partial charge >= 0.3 is 0 Å². The second kappa shape index (κ2) is 5.77. The first kappa shape index (κ1) is 13.3. The zero-order valence-electron chi connectivity index (χ0n) is 11.5. The summed E-state index contributed by atoms with van der Waals surface area (Å²) in [6.45, 7) is 3.07. The molecule has 104 valence electrons. The van der Waals surface area contributed by atoms with E-state index in [4.69, 9.17) is 0 Å². The van der Waals surface area contributed by atoms with Gasteiger partial charge in [-0.25, -0.2) is 0 Å². The molecule has 20 heavy (non-hydrogen) atoms. The molecule has 1 fully saturated rings. The second-order valence-electron chi connectivity index (χ2n) is 5.12. The van der Waals surface area contributed by atoms with Crippen LogP contribution in [0, 0.1) is 6.92 Å². The van der Waals surface area contributed by atoms with E-state index in [1.807, 2.05) is 37.3 Å². The van der Waals surface area contributed by atoms with Gasteiger partial charge in [-0.15, -0.1) is 11.3 Å². The van der Waals surface area contributed by atoms with Crippen LogP contribution in [0.15, 0.2) is 36.4 Å². The number of thiophene rings is 1. The molecule has 1 aliphatic rings. The van der Waals surface area contributed by atoms with Crippen molar-refractivity contribution in [2.75, 3.05) is 11.9 Å². The Morgan fingerprint density at radius 2 is 2.15 bits per heavy atom. The molecule has 0 spiro atoms. The third-order valence-corrected chi connectivity index (χ3v) is 4.85. The number of benzene rings is 1. The lowest BCUT2D eigenvalue weighted by Gasteiger charge is -2.07. The summed E-state index contributed by atoms with van der Waals surface area (Å²) >= 11 is 1.59. The number of amides is 1. The molecule has 3 nitrogen and oxygen atoms in total. The molecule has 0 radical (unpaired) electrons. The van der Waals surface area contributed by atoms with E-state index in [1.165, 1.54) is 17.7 Å². The van der Waals surface area contributed by atoms with E-state index in [0.29, 0.717) is 6.04 Å². The SMILES string of the molecule is Cc1ccccc1NC(=O)c1ccc(C2CCCN2)s1. The maximum atomic E-state index is 12.3. The topological polar surface area (TPSA) is 41.1 Å². The van der Waals surface area contributed by atoms with Gasteiger partial charge in [-0.05, 0) is 50.1 Å². The average molecular weight is 286 g/mol. The molecule has 1 saturated heterocycles. The largest absolute Gasteiger partial charge is 0.321 e. The van der Waals surface area contributed by atoms with Gasteiger partial charge in [-0.3, -0.25) is 4.79 Å². The quantitative estimate of drug-likeness (QED) is 0.902. The Bertz CT molecular complexity index is 614. The van der Waals surface area contributed by atoms with Gasteiger partial charge in [0, 0.05) is 16.6 Å². The van der Waals surface area contributed by atoms with Crippen molar-refractivity contribution < 1.29 is 4.79 Å². The van der Waals surface area contributed by atoms with Crippen molar-refractivity contribution in [2.24, 2.45) is 0 Å². The number of hydrogen-bond acceptors (Lipinski definition) is 3. The smallest absolute Gasteiger partial charge is 0.265 e. The first-order valence-corrected chi connectivity index (χ1v) is 7.76. The van der Waals surface area contributed by atoms with E-state index < -0.39 is 0 Å². The monoisotopic (exact) mass is 286 g/mol. The Balaban J connectivity index is 1.73. The molecule has 0 saturated carbocycles. The van der Waals surface area contributed by atoms with Gasteiger partial charge < -0.3 is 10.6 Å².